The van der Waals surface area contributed by atoms with E-state index in [4.69, 9.17) is 10.2 Å². The molecule has 0 aromatic heterocycles. The van der Waals surface area contributed by atoms with Crippen molar-refractivity contribution in [3.05, 3.63) is 0 Å². The first-order chi connectivity index (χ1) is 9.10. The number of hydrogen-bond acceptors (Lipinski definition) is 3. The van der Waals surface area contributed by atoms with Gasteiger partial charge in [0, 0.05) is 40.8 Å². The van der Waals surface area contributed by atoms with Crippen LogP contribution in [0.1, 0.15) is 72.6 Å². The molecule has 0 heterocycles. The molecule has 0 aliphatic rings. The fourth-order valence-electron chi connectivity index (χ4n) is 1.97. The van der Waals surface area contributed by atoms with Gasteiger partial charge in [-0.25, -0.2) is 0 Å². The molecular formula is C16H36O3Ti. The fraction of sp³-hybridized carbons (Fsp3) is 1.00. The van der Waals surface area contributed by atoms with Gasteiger partial charge in [-0.05, 0) is 25.2 Å². The smallest absolute Gasteiger partial charge is 0.0590 e. The van der Waals surface area contributed by atoms with Crippen molar-refractivity contribution >= 4 is 0 Å². The van der Waals surface area contributed by atoms with Crippen LogP contribution in [0.3, 0.4) is 0 Å². The maximum atomic E-state index is 9.35. The Kier molecular flexibility index (Phi) is 25.0. The van der Waals surface area contributed by atoms with Gasteiger partial charge >= 0.3 is 0 Å². The summed E-state index contributed by atoms with van der Waals surface area (Å²) < 4.78 is 0. The normalized spacial score (nSPS) is 14.6. The summed E-state index contributed by atoms with van der Waals surface area (Å²) in [6, 6.07) is 0. The molecule has 3 atom stereocenters. The number of rotatable bonds is 10. The number of aliphatic hydroxyl groups is 3. The van der Waals surface area contributed by atoms with E-state index in [-0.39, 0.29) is 40.3 Å². The zero-order valence-electron chi connectivity index (χ0n) is 13.9. The van der Waals surface area contributed by atoms with Crippen molar-refractivity contribution in [2.45, 2.75) is 78.7 Å². The Morgan fingerprint density at radius 3 is 1.70 bits per heavy atom. The van der Waals surface area contributed by atoms with Gasteiger partial charge in [0.25, 0.3) is 0 Å². The monoisotopic (exact) mass is 324 g/mol. The van der Waals surface area contributed by atoms with Crippen molar-refractivity contribution in [3.63, 3.8) is 0 Å². The molecule has 0 saturated heterocycles. The van der Waals surface area contributed by atoms with Crippen molar-refractivity contribution < 1.29 is 37.0 Å². The van der Waals surface area contributed by atoms with E-state index < -0.39 is 0 Å². The molecule has 0 spiro atoms. The molecule has 0 aromatic rings. The molecule has 0 amide bonds. The van der Waals surface area contributed by atoms with E-state index >= 15 is 0 Å². The fourth-order valence-corrected chi connectivity index (χ4v) is 1.97. The summed E-state index contributed by atoms with van der Waals surface area (Å²) in [5, 5.41) is 26.9. The molecule has 3 unspecified atom stereocenters. The summed E-state index contributed by atoms with van der Waals surface area (Å²) in [5.41, 5.74) is 0. The topological polar surface area (TPSA) is 60.7 Å². The molecule has 0 aliphatic carbocycles. The van der Waals surface area contributed by atoms with Crippen molar-refractivity contribution in [1.29, 1.82) is 0 Å². The summed E-state index contributed by atoms with van der Waals surface area (Å²) in [6.45, 7) is 8.82. The minimum Gasteiger partial charge on any atom is -0.396 e. The maximum absolute atomic E-state index is 9.35. The van der Waals surface area contributed by atoms with E-state index in [2.05, 4.69) is 13.8 Å². The second-order valence-corrected chi connectivity index (χ2v) is 5.31. The van der Waals surface area contributed by atoms with Gasteiger partial charge in [0.15, 0.2) is 0 Å². The van der Waals surface area contributed by atoms with Crippen LogP contribution in [0.25, 0.3) is 0 Å². The number of unbranched alkanes of at least 4 members (excludes halogenated alkanes) is 1. The Morgan fingerprint density at radius 2 is 1.40 bits per heavy atom. The summed E-state index contributed by atoms with van der Waals surface area (Å²) >= 11 is 0. The second-order valence-electron chi connectivity index (χ2n) is 5.31. The third kappa shape index (κ3) is 15.0. The van der Waals surface area contributed by atoms with Gasteiger partial charge in [-0.3, -0.25) is 0 Å². The van der Waals surface area contributed by atoms with Crippen LogP contribution in [-0.4, -0.2) is 34.6 Å². The summed E-state index contributed by atoms with van der Waals surface area (Å²) in [4.78, 5) is 0. The van der Waals surface area contributed by atoms with Gasteiger partial charge in [0.1, 0.15) is 0 Å². The van der Waals surface area contributed by atoms with Gasteiger partial charge in [-0.1, -0.05) is 53.4 Å². The molecular weight excluding hydrogens is 288 g/mol. The van der Waals surface area contributed by atoms with Crippen LogP contribution in [0.2, 0.25) is 0 Å². The van der Waals surface area contributed by atoms with Gasteiger partial charge < -0.3 is 15.3 Å². The molecule has 3 nitrogen and oxygen atoms in total. The first-order valence-corrected chi connectivity index (χ1v) is 8.00. The van der Waals surface area contributed by atoms with Gasteiger partial charge in [-0.15, -0.1) is 0 Å². The predicted molar refractivity (Wildman–Crippen MR) is 82.2 cm³/mol. The van der Waals surface area contributed by atoms with E-state index in [1.54, 1.807) is 0 Å². The molecule has 0 aliphatic heterocycles. The first-order valence-electron chi connectivity index (χ1n) is 8.00. The average Bonchev–Trinajstić information content (AvgIpc) is 2.42. The first kappa shape index (κ1) is 25.5. The van der Waals surface area contributed by atoms with Crippen LogP contribution in [0, 0.1) is 11.8 Å². The van der Waals surface area contributed by atoms with Crippen molar-refractivity contribution in [2.75, 3.05) is 13.2 Å². The Morgan fingerprint density at radius 1 is 0.800 bits per heavy atom. The summed E-state index contributed by atoms with van der Waals surface area (Å²) in [5.74, 6) is 0.643. The molecule has 3 N–H and O–H groups in total. The van der Waals surface area contributed by atoms with Crippen LogP contribution < -0.4 is 0 Å². The summed E-state index contributed by atoms with van der Waals surface area (Å²) in [7, 11) is 0. The zero-order chi connectivity index (χ0) is 15.1. The molecule has 0 bridgehead atoms. The van der Waals surface area contributed by atoms with Crippen molar-refractivity contribution in [1.82, 2.24) is 0 Å². The van der Waals surface area contributed by atoms with E-state index in [1.165, 1.54) is 19.3 Å². The molecule has 0 fully saturated rings. The van der Waals surface area contributed by atoms with Crippen LogP contribution in [-0.2, 0) is 21.7 Å². The van der Waals surface area contributed by atoms with Crippen molar-refractivity contribution in [3.8, 4) is 0 Å². The third-order valence-electron chi connectivity index (χ3n) is 3.69. The number of aliphatic hydroxyl groups excluding tert-OH is 3. The second kappa shape index (κ2) is 19.6. The molecule has 20 heavy (non-hydrogen) atoms. The third-order valence-corrected chi connectivity index (χ3v) is 3.69. The van der Waals surface area contributed by atoms with Crippen molar-refractivity contribution in [2.24, 2.45) is 11.8 Å². The standard InChI is InChI=1S/C8H18O2.C8H18O.Ti/c1-3-5-8(10)7(4-2)6-9;1-3-5-6-8(4-2)7-9;/h7-10H,3-6H2,1-2H3;8-9H,3-7H2,1-2H3;. The van der Waals surface area contributed by atoms with E-state index in [0.717, 1.165) is 25.7 Å². The van der Waals surface area contributed by atoms with Crippen LogP contribution in [0.15, 0.2) is 0 Å². The maximum Gasteiger partial charge on any atom is 0.0590 e. The minimum atomic E-state index is -0.306. The Balaban J connectivity index is -0.000000277. The van der Waals surface area contributed by atoms with E-state index in [9.17, 15) is 5.11 Å². The minimum absolute atomic E-state index is 0. The average molecular weight is 324 g/mol. The van der Waals surface area contributed by atoms with Gasteiger partial charge in [-0.2, -0.15) is 0 Å². The molecule has 122 valence electrons. The summed E-state index contributed by atoms with van der Waals surface area (Å²) in [6.07, 6.45) is 7.17. The molecule has 0 aromatic carbocycles. The molecule has 0 saturated carbocycles. The van der Waals surface area contributed by atoms with Crippen LogP contribution in [0.5, 0.6) is 0 Å². The number of hydrogen-bond donors (Lipinski definition) is 3. The zero-order valence-corrected chi connectivity index (χ0v) is 15.5. The largest absolute Gasteiger partial charge is 0.396 e. The SMILES string of the molecule is CCCC(O)C(CC)CO.CCCCC(CC)CO.[Ti]. The quantitative estimate of drug-likeness (QED) is 0.540. The van der Waals surface area contributed by atoms with Crippen LogP contribution >= 0.6 is 0 Å². The molecule has 4 heteroatoms. The van der Waals surface area contributed by atoms with Gasteiger partial charge in [0.2, 0.25) is 0 Å². The molecule has 0 rings (SSSR count). The Hall–Kier alpha value is 0.594. The molecule has 0 radical (unpaired) electrons. The van der Waals surface area contributed by atoms with Crippen LogP contribution in [0.4, 0.5) is 0 Å². The van der Waals surface area contributed by atoms with Gasteiger partial charge in [0.05, 0.1) is 6.10 Å². The predicted octanol–water partition coefficient (Wildman–Crippen LogP) is 3.36. The van der Waals surface area contributed by atoms with E-state index in [0.29, 0.717) is 12.5 Å². The Labute approximate surface area is 141 Å². The van der Waals surface area contributed by atoms with E-state index in [1.807, 2.05) is 13.8 Å². The Bertz CT molecular complexity index is 160.